The standard InChI is InChI=1S/C13H16ClNO4/c1-4-19-13(16)11(14)7-10-5-8(2)9(3)6-12(10)15(17)18/h5-6,11H,4,7H2,1-3H3. The summed E-state index contributed by atoms with van der Waals surface area (Å²) in [6.45, 7) is 5.57. The second kappa shape index (κ2) is 6.52. The number of esters is 1. The fraction of sp³-hybridized carbons (Fsp3) is 0.462. The van der Waals surface area contributed by atoms with E-state index in [1.54, 1.807) is 19.9 Å². The average molecular weight is 286 g/mol. The third-order valence-electron chi connectivity index (χ3n) is 2.83. The zero-order valence-electron chi connectivity index (χ0n) is 11.1. The van der Waals surface area contributed by atoms with E-state index >= 15 is 0 Å². The van der Waals surface area contributed by atoms with E-state index in [9.17, 15) is 14.9 Å². The zero-order valence-corrected chi connectivity index (χ0v) is 11.9. The number of hydrogen-bond acceptors (Lipinski definition) is 4. The molecule has 5 nitrogen and oxygen atoms in total. The molecule has 1 aromatic rings. The van der Waals surface area contributed by atoms with Crippen molar-refractivity contribution >= 4 is 23.3 Å². The van der Waals surface area contributed by atoms with Crippen molar-refractivity contribution in [2.75, 3.05) is 6.61 Å². The first-order valence-electron chi connectivity index (χ1n) is 5.92. The molecule has 1 aromatic carbocycles. The van der Waals surface area contributed by atoms with Crippen molar-refractivity contribution in [3.63, 3.8) is 0 Å². The van der Waals surface area contributed by atoms with Crippen LogP contribution in [0.1, 0.15) is 23.6 Å². The van der Waals surface area contributed by atoms with Gasteiger partial charge in [0, 0.05) is 18.1 Å². The first-order valence-corrected chi connectivity index (χ1v) is 6.35. The second-order valence-corrected chi connectivity index (χ2v) is 4.77. The van der Waals surface area contributed by atoms with Gasteiger partial charge in [-0.2, -0.15) is 0 Å². The first kappa shape index (κ1) is 15.4. The summed E-state index contributed by atoms with van der Waals surface area (Å²) >= 11 is 5.92. The van der Waals surface area contributed by atoms with Gasteiger partial charge in [0.2, 0.25) is 0 Å². The minimum Gasteiger partial charge on any atom is -0.465 e. The van der Waals surface area contributed by atoms with Crippen molar-refractivity contribution in [1.29, 1.82) is 0 Å². The molecule has 0 amide bonds. The molecular formula is C13H16ClNO4. The van der Waals surface area contributed by atoms with Crippen LogP contribution in [0.3, 0.4) is 0 Å². The lowest BCUT2D eigenvalue weighted by Gasteiger charge is -2.10. The molecule has 1 atom stereocenters. The third kappa shape index (κ3) is 3.92. The molecule has 0 saturated carbocycles. The summed E-state index contributed by atoms with van der Waals surface area (Å²) in [5, 5.41) is 10.1. The predicted molar refractivity (Wildman–Crippen MR) is 72.5 cm³/mol. The third-order valence-corrected chi connectivity index (χ3v) is 3.17. The molecule has 0 fully saturated rings. The van der Waals surface area contributed by atoms with E-state index in [0.717, 1.165) is 11.1 Å². The number of halogens is 1. The summed E-state index contributed by atoms with van der Waals surface area (Å²) in [6, 6.07) is 3.20. The summed E-state index contributed by atoms with van der Waals surface area (Å²) in [5.41, 5.74) is 2.19. The van der Waals surface area contributed by atoms with Gasteiger partial charge in [0.1, 0.15) is 5.38 Å². The molecule has 0 aliphatic rings. The van der Waals surface area contributed by atoms with Crippen molar-refractivity contribution in [3.8, 4) is 0 Å². The number of nitrogens with zero attached hydrogens (tertiary/aromatic N) is 1. The molecule has 0 bridgehead atoms. The van der Waals surface area contributed by atoms with Gasteiger partial charge in [-0.05, 0) is 38.0 Å². The summed E-state index contributed by atoms with van der Waals surface area (Å²) in [5.74, 6) is -0.559. The highest BCUT2D eigenvalue weighted by atomic mass is 35.5. The van der Waals surface area contributed by atoms with Gasteiger partial charge in [0.05, 0.1) is 11.5 Å². The lowest BCUT2D eigenvalue weighted by Crippen LogP contribution is -2.20. The molecule has 0 aliphatic carbocycles. The molecule has 104 valence electrons. The number of alkyl halides is 1. The lowest BCUT2D eigenvalue weighted by molar-refractivity contribution is -0.385. The first-order chi connectivity index (χ1) is 8.86. The van der Waals surface area contributed by atoms with Crippen LogP contribution in [0.5, 0.6) is 0 Å². The van der Waals surface area contributed by atoms with Crippen molar-refractivity contribution in [3.05, 3.63) is 38.9 Å². The van der Waals surface area contributed by atoms with Gasteiger partial charge < -0.3 is 4.74 Å². The van der Waals surface area contributed by atoms with Crippen molar-refractivity contribution < 1.29 is 14.5 Å². The number of benzene rings is 1. The van der Waals surface area contributed by atoms with Crippen LogP contribution in [-0.4, -0.2) is 22.9 Å². The van der Waals surface area contributed by atoms with E-state index in [1.165, 1.54) is 6.07 Å². The summed E-state index contributed by atoms with van der Waals surface area (Å²) < 4.78 is 4.79. The largest absolute Gasteiger partial charge is 0.465 e. The molecule has 1 unspecified atom stereocenters. The highest BCUT2D eigenvalue weighted by Crippen LogP contribution is 2.25. The Labute approximate surface area is 116 Å². The van der Waals surface area contributed by atoms with Gasteiger partial charge in [-0.15, -0.1) is 11.6 Å². The molecule has 0 radical (unpaired) electrons. The Morgan fingerprint density at radius 1 is 1.42 bits per heavy atom. The average Bonchev–Trinajstić information content (AvgIpc) is 2.33. The van der Waals surface area contributed by atoms with Crippen LogP contribution in [0.15, 0.2) is 12.1 Å². The number of hydrogen-bond donors (Lipinski definition) is 0. The number of carbonyl (C=O) groups excluding carboxylic acids is 1. The maximum atomic E-state index is 11.5. The minimum atomic E-state index is -0.916. The molecule has 0 N–H and O–H groups in total. The molecule has 6 heteroatoms. The second-order valence-electron chi connectivity index (χ2n) is 4.25. The van der Waals surface area contributed by atoms with Crippen molar-refractivity contribution in [2.24, 2.45) is 0 Å². The highest BCUT2D eigenvalue weighted by molar-refractivity contribution is 6.30. The van der Waals surface area contributed by atoms with Crippen LogP contribution in [0.25, 0.3) is 0 Å². The van der Waals surface area contributed by atoms with E-state index in [0.29, 0.717) is 5.56 Å². The van der Waals surface area contributed by atoms with Crippen LogP contribution in [-0.2, 0) is 16.0 Å². The van der Waals surface area contributed by atoms with Gasteiger partial charge in [-0.1, -0.05) is 0 Å². The maximum absolute atomic E-state index is 11.5. The topological polar surface area (TPSA) is 69.4 Å². The molecule has 0 saturated heterocycles. The fourth-order valence-corrected chi connectivity index (χ4v) is 1.93. The lowest BCUT2D eigenvalue weighted by atomic mass is 10.0. The Kier molecular flexibility index (Phi) is 5.30. The highest BCUT2D eigenvalue weighted by Gasteiger charge is 2.23. The van der Waals surface area contributed by atoms with Gasteiger partial charge in [0.15, 0.2) is 0 Å². The van der Waals surface area contributed by atoms with Gasteiger partial charge in [0.25, 0.3) is 5.69 Å². The van der Waals surface area contributed by atoms with Crippen LogP contribution in [0.4, 0.5) is 5.69 Å². The summed E-state index contributed by atoms with van der Waals surface area (Å²) in [7, 11) is 0. The van der Waals surface area contributed by atoms with E-state index < -0.39 is 16.3 Å². The van der Waals surface area contributed by atoms with Crippen molar-refractivity contribution in [1.82, 2.24) is 0 Å². The molecule has 1 rings (SSSR count). The van der Waals surface area contributed by atoms with Crippen LogP contribution in [0, 0.1) is 24.0 Å². The van der Waals surface area contributed by atoms with Crippen LogP contribution < -0.4 is 0 Å². The molecular weight excluding hydrogens is 270 g/mol. The number of ether oxygens (including phenoxy) is 1. The minimum absolute atomic E-state index is 0.0157. The van der Waals surface area contributed by atoms with Crippen LogP contribution >= 0.6 is 11.6 Å². The molecule has 0 heterocycles. The van der Waals surface area contributed by atoms with E-state index in [4.69, 9.17) is 16.3 Å². The Bertz CT molecular complexity index is 502. The van der Waals surface area contributed by atoms with E-state index in [2.05, 4.69) is 0 Å². The Morgan fingerprint density at radius 3 is 2.53 bits per heavy atom. The molecule has 0 spiro atoms. The maximum Gasteiger partial charge on any atom is 0.324 e. The molecule has 19 heavy (non-hydrogen) atoms. The summed E-state index contributed by atoms with van der Waals surface area (Å²) in [6.07, 6.45) is 0.0812. The quantitative estimate of drug-likeness (QED) is 0.361. The van der Waals surface area contributed by atoms with Gasteiger partial charge in [-0.25, -0.2) is 0 Å². The Morgan fingerprint density at radius 2 is 2.00 bits per heavy atom. The Balaban J connectivity index is 3.03. The van der Waals surface area contributed by atoms with Crippen molar-refractivity contribution in [2.45, 2.75) is 32.6 Å². The number of rotatable bonds is 5. The van der Waals surface area contributed by atoms with Gasteiger partial charge in [-0.3, -0.25) is 14.9 Å². The smallest absolute Gasteiger partial charge is 0.324 e. The fourth-order valence-electron chi connectivity index (χ4n) is 1.70. The van der Waals surface area contributed by atoms with Gasteiger partial charge >= 0.3 is 5.97 Å². The molecule has 0 aromatic heterocycles. The number of carbonyl (C=O) groups is 1. The van der Waals surface area contributed by atoms with Crippen LogP contribution in [0.2, 0.25) is 0 Å². The normalized spacial score (nSPS) is 12.0. The number of nitro groups is 1. The Hall–Kier alpha value is -1.62. The monoisotopic (exact) mass is 285 g/mol. The van der Waals surface area contributed by atoms with E-state index in [-0.39, 0.29) is 18.7 Å². The SMILES string of the molecule is CCOC(=O)C(Cl)Cc1cc(C)c(C)cc1[N+](=O)[O-]. The zero-order chi connectivity index (χ0) is 14.6. The predicted octanol–water partition coefficient (Wildman–Crippen LogP) is 2.92. The number of aryl methyl sites for hydroxylation is 2. The molecule has 0 aliphatic heterocycles. The van der Waals surface area contributed by atoms with E-state index in [1.807, 2.05) is 6.92 Å². The summed E-state index contributed by atoms with van der Waals surface area (Å²) in [4.78, 5) is 22.0. The number of nitro benzene ring substituents is 1.